The average molecular weight is 356 g/mol. The van der Waals surface area contributed by atoms with Crippen LogP contribution in [0.15, 0.2) is 35.7 Å². The first kappa shape index (κ1) is 16.9. The number of hydrogen-bond acceptors (Lipinski definition) is 7. The van der Waals surface area contributed by atoms with Gasteiger partial charge in [-0.3, -0.25) is 14.8 Å². The number of nitro benzene ring substituents is 1. The van der Waals surface area contributed by atoms with E-state index in [0.717, 1.165) is 11.3 Å². The Morgan fingerprint density at radius 1 is 1.35 bits per heavy atom. The van der Waals surface area contributed by atoms with Gasteiger partial charge < -0.3 is 4.74 Å². The molecule has 2 aromatic rings. The molecule has 0 aliphatic carbocycles. The number of carbonyl (C=O) groups is 1. The van der Waals surface area contributed by atoms with Gasteiger partial charge in [0.2, 0.25) is 10.0 Å². The molecule has 122 valence electrons. The lowest BCUT2D eigenvalue weighted by molar-refractivity contribution is -0.385. The molecular formula is C13H12N2O6S2. The van der Waals surface area contributed by atoms with Crippen molar-refractivity contribution < 1.29 is 22.9 Å². The van der Waals surface area contributed by atoms with Crippen molar-refractivity contribution in [3.8, 4) is 0 Å². The van der Waals surface area contributed by atoms with Gasteiger partial charge in [0, 0.05) is 11.6 Å². The maximum Gasteiger partial charge on any atom is 0.350 e. The van der Waals surface area contributed by atoms with E-state index in [4.69, 9.17) is 0 Å². The number of nitrogens with zero attached hydrogens (tertiary/aromatic N) is 1. The van der Waals surface area contributed by atoms with Crippen molar-refractivity contribution in [2.75, 3.05) is 11.8 Å². The smallest absolute Gasteiger partial charge is 0.350 e. The Labute approximate surface area is 135 Å². The fourth-order valence-electron chi connectivity index (χ4n) is 1.86. The van der Waals surface area contributed by atoms with Crippen LogP contribution in [0.4, 0.5) is 11.4 Å². The number of nitro groups is 1. The van der Waals surface area contributed by atoms with E-state index in [0.29, 0.717) is 0 Å². The van der Waals surface area contributed by atoms with Crippen LogP contribution in [0.3, 0.4) is 0 Å². The number of hydrogen-bond donors (Lipinski definition) is 1. The van der Waals surface area contributed by atoms with Crippen molar-refractivity contribution in [3.05, 3.63) is 56.3 Å². The van der Waals surface area contributed by atoms with Crippen LogP contribution in [0, 0.1) is 10.1 Å². The summed E-state index contributed by atoms with van der Waals surface area (Å²) >= 11 is 1.03. The highest BCUT2D eigenvalue weighted by Gasteiger charge is 2.22. The Bertz CT molecular complexity index is 844. The number of para-hydroxylation sites is 1. The van der Waals surface area contributed by atoms with Crippen LogP contribution in [-0.4, -0.2) is 26.4 Å². The molecule has 8 nitrogen and oxygen atoms in total. The third-order valence-corrected chi connectivity index (χ3v) is 4.95. The fourth-order valence-corrected chi connectivity index (χ4v) is 3.92. The zero-order valence-electron chi connectivity index (χ0n) is 11.9. The molecule has 0 saturated carbocycles. The molecule has 23 heavy (non-hydrogen) atoms. The van der Waals surface area contributed by atoms with Crippen LogP contribution in [-0.2, 0) is 20.5 Å². The number of anilines is 1. The maximum absolute atomic E-state index is 12.2. The van der Waals surface area contributed by atoms with Gasteiger partial charge in [-0.05, 0) is 11.4 Å². The predicted molar refractivity (Wildman–Crippen MR) is 85.0 cm³/mol. The first-order valence-corrected chi connectivity index (χ1v) is 8.76. The molecule has 1 N–H and O–H groups in total. The van der Waals surface area contributed by atoms with E-state index >= 15 is 0 Å². The largest absolute Gasteiger partial charge is 0.465 e. The molecule has 0 unspecified atom stereocenters. The standard InChI is InChI=1S/C13H12N2O6S2/c1-21-13(16)12-10(6-7-22-12)14-23(19,20)8-9-4-2-3-5-11(9)15(17)18/h2-7,14H,8H2,1H3. The minimum Gasteiger partial charge on any atom is -0.465 e. The van der Waals surface area contributed by atoms with Crippen LogP contribution in [0.1, 0.15) is 15.2 Å². The number of benzene rings is 1. The quantitative estimate of drug-likeness (QED) is 0.483. The van der Waals surface area contributed by atoms with Gasteiger partial charge in [-0.25, -0.2) is 13.2 Å². The van der Waals surface area contributed by atoms with Crippen LogP contribution < -0.4 is 4.72 Å². The summed E-state index contributed by atoms with van der Waals surface area (Å²) in [6.45, 7) is 0. The van der Waals surface area contributed by atoms with Gasteiger partial charge >= 0.3 is 5.97 Å². The third-order valence-electron chi connectivity index (χ3n) is 2.84. The van der Waals surface area contributed by atoms with Crippen LogP contribution in [0.5, 0.6) is 0 Å². The molecule has 0 amide bonds. The predicted octanol–water partition coefficient (Wildman–Crippen LogP) is 2.38. The van der Waals surface area contributed by atoms with Gasteiger partial charge in [0.05, 0.1) is 17.7 Å². The summed E-state index contributed by atoms with van der Waals surface area (Å²) in [6.07, 6.45) is 0. The second-order valence-corrected chi connectivity index (χ2v) is 7.04. The summed E-state index contributed by atoms with van der Waals surface area (Å²) in [5, 5.41) is 12.5. The van der Waals surface area contributed by atoms with Crippen LogP contribution >= 0.6 is 11.3 Å². The highest BCUT2D eigenvalue weighted by atomic mass is 32.2. The molecule has 0 spiro atoms. The highest BCUT2D eigenvalue weighted by molar-refractivity contribution is 7.92. The van der Waals surface area contributed by atoms with Crippen molar-refractivity contribution in [2.24, 2.45) is 0 Å². The zero-order valence-corrected chi connectivity index (χ0v) is 13.5. The first-order chi connectivity index (χ1) is 10.8. The number of ether oxygens (including phenoxy) is 1. The summed E-state index contributed by atoms with van der Waals surface area (Å²) in [4.78, 5) is 22.0. The summed E-state index contributed by atoms with van der Waals surface area (Å²) in [5.74, 6) is -1.25. The molecule has 1 aromatic heterocycles. The molecular weight excluding hydrogens is 344 g/mol. The van der Waals surface area contributed by atoms with Gasteiger partial charge in [-0.2, -0.15) is 0 Å². The second kappa shape index (κ2) is 6.75. The van der Waals surface area contributed by atoms with Crippen molar-refractivity contribution >= 4 is 38.7 Å². The van der Waals surface area contributed by atoms with E-state index in [-0.39, 0.29) is 21.8 Å². The van der Waals surface area contributed by atoms with Gasteiger partial charge in [0.25, 0.3) is 5.69 Å². The number of esters is 1. The molecule has 0 fully saturated rings. The SMILES string of the molecule is COC(=O)c1sccc1NS(=O)(=O)Cc1ccccc1[N+](=O)[O-]. The van der Waals surface area contributed by atoms with E-state index in [2.05, 4.69) is 9.46 Å². The summed E-state index contributed by atoms with van der Waals surface area (Å²) < 4.78 is 31.3. The van der Waals surface area contributed by atoms with E-state index in [9.17, 15) is 23.3 Å². The van der Waals surface area contributed by atoms with Crippen molar-refractivity contribution in [1.29, 1.82) is 0 Å². The molecule has 1 heterocycles. The molecule has 2 rings (SSSR count). The lowest BCUT2D eigenvalue weighted by atomic mass is 10.2. The van der Waals surface area contributed by atoms with E-state index in [1.807, 2.05) is 0 Å². The Kier molecular flexibility index (Phi) is 4.96. The fraction of sp³-hybridized carbons (Fsp3) is 0.154. The minimum absolute atomic E-state index is 0.0554. The Morgan fingerprint density at radius 2 is 2.04 bits per heavy atom. The molecule has 0 aliphatic heterocycles. The summed E-state index contributed by atoms with van der Waals surface area (Å²) in [7, 11) is -2.75. The van der Waals surface area contributed by atoms with Gasteiger partial charge in [-0.15, -0.1) is 11.3 Å². The Balaban J connectivity index is 2.26. The van der Waals surface area contributed by atoms with Crippen molar-refractivity contribution in [3.63, 3.8) is 0 Å². The number of methoxy groups -OCH3 is 1. The lowest BCUT2D eigenvalue weighted by Crippen LogP contribution is -2.17. The summed E-state index contributed by atoms with van der Waals surface area (Å²) in [6, 6.07) is 6.99. The lowest BCUT2D eigenvalue weighted by Gasteiger charge is -2.08. The topological polar surface area (TPSA) is 116 Å². The number of rotatable bonds is 6. The third kappa shape index (κ3) is 4.05. The Hall–Kier alpha value is -2.46. The number of thiophene rings is 1. The van der Waals surface area contributed by atoms with Gasteiger partial charge in [-0.1, -0.05) is 18.2 Å². The number of sulfonamides is 1. The monoisotopic (exact) mass is 356 g/mol. The van der Waals surface area contributed by atoms with Crippen molar-refractivity contribution in [1.82, 2.24) is 0 Å². The minimum atomic E-state index is -3.93. The van der Waals surface area contributed by atoms with Crippen LogP contribution in [0.2, 0.25) is 0 Å². The number of nitrogens with one attached hydrogen (secondary N) is 1. The second-order valence-electron chi connectivity index (χ2n) is 4.40. The van der Waals surface area contributed by atoms with E-state index in [1.54, 1.807) is 0 Å². The maximum atomic E-state index is 12.2. The molecule has 0 bridgehead atoms. The van der Waals surface area contributed by atoms with Crippen LogP contribution in [0.25, 0.3) is 0 Å². The van der Waals surface area contributed by atoms with Gasteiger partial charge in [0.1, 0.15) is 10.6 Å². The van der Waals surface area contributed by atoms with Gasteiger partial charge in [0.15, 0.2) is 0 Å². The van der Waals surface area contributed by atoms with Crippen molar-refractivity contribution in [2.45, 2.75) is 5.75 Å². The summed E-state index contributed by atoms with van der Waals surface area (Å²) in [5.41, 5.74) is -0.142. The number of carbonyl (C=O) groups excluding carboxylic acids is 1. The first-order valence-electron chi connectivity index (χ1n) is 6.22. The highest BCUT2D eigenvalue weighted by Crippen LogP contribution is 2.26. The molecule has 10 heteroatoms. The molecule has 1 aromatic carbocycles. The normalized spacial score (nSPS) is 11.0. The Morgan fingerprint density at radius 3 is 2.70 bits per heavy atom. The average Bonchev–Trinajstić information content (AvgIpc) is 2.93. The molecule has 0 aliphatic rings. The van der Waals surface area contributed by atoms with E-state index < -0.39 is 26.7 Å². The van der Waals surface area contributed by atoms with E-state index in [1.165, 1.54) is 42.8 Å². The molecule has 0 saturated heterocycles. The molecule has 0 atom stereocenters. The molecule has 0 radical (unpaired) electrons. The zero-order chi connectivity index (χ0) is 17.0.